The first-order chi connectivity index (χ1) is 5.90. The molecule has 13 heavy (non-hydrogen) atoms. The molecule has 0 aliphatic heterocycles. The van der Waals surface area contributed by atoms with E-state index < -0.39 is 12.6 Å². The molecule has 2 nitrogen and oxygen atoms in total. The van der Waals surface area contributed by atoms with E-state index in [1.165, 1.54) is 11.9 Å². The second-order valence-electron chi connectivity index (χ2n) is 3.40. The summed E-state index contributed by atoms with van der Waals surface area (Å²) in [6.07, 6.45) is -3.43. The summed E-state index contributed by atoms with van der Waals surface area (Å²) in [6.45, 7) is -0.223. The van der Waals surface area contributed by atoms with Gasteiger partial charge >= 0.3 is 6.18 Å². The largest absolute Gasteiger partial charge is 0.390 e. The molecule has 5 heteroatoms. The Bertz CT molecular complexity index is 198. The molecular weight excluding hydrogens is 183 g/mol. The van der Waals surface area contributed by atoms with E-state index in [2.05, 4.69) is 0 Å². The van der Waals surface area contributed by atoms with Crippen LogP contribution in [-0.2, 0) is 4.79 Å². The van der Waals surface area contributed by atoms with Crippen molar-refractivity contribution >= 4 is 5.91 Å². The second-order valence-corrected chi connectivity index (χ2v) is 3.40. The van der Waals surface area contributed by atoms with E-state index in [1.807, 2.05) is 0 Å². The van der Waals surface area contributed by atoms with Gasteiger partial charge in [-0.2, -0.15) is 13.2 Å². The van der Waals surface area contributed by atoms with Crippen molar-refractivity contribution in [1.29, 1.82) is 0 Å². The Morgan fingerprint density at radius 1 is 1.46 bits per heavy atom. The molecule has 1 rings (SSSR count). The Hall–Kier alpha value is -0.740. The maximum absolute atomic E-state index is 11.8. The molecule has 0 radical (unpaired) electrons. The molecule has 1 aliphatic carbocycles. The number of carbonyl (C=O) groups is 1. The smallest absolute Gasteiger partial charge is 0.345 e. The molecule has 0 saturated heterocycles. The molecule has 0 spiro atoms. The Labute approximate surface area is 74.7 Å². The topological polar surface area (TPSA) is 20.3 Å². The summed E-state index contributed by atoms with van der Waals surface area (Å²) in [6, 6.07) is 0. The van der Waals surface area contributed by atoms with Gasteiger partial charge in [0.05, 0.1) is 6.42 Å². The summed E-state index contributed by atoms with van der Waals surface area (Å²) in [7, 11) is 1.42. The maximum Gasteiger partial charge on any atom is 0.390 e. The van der Waals surface area contributed by atoms with Gasteiger partial charge in [-0.25, -0.2) is 0 Å². The van der Waals surface area contributed by atoms with E-state index in [9.17, 15) is 18.0 Å². The standard InChI is InChI=1S/C8H12F3NO/c1-12(5-4-8(9,10)11)7(13)6-2-3-6/h6H,2-5H2,1H3. The van der Waals surface area contributed by atoms with Gasteiger partial charge < -0.3 is 4.90 Å². The molecule has 0 heterocycles. The molecule has 1 amide bonds. The van der Waals surface area contributed by atoms with Crippen molar-refractivity contribution in [3.8, 4) is 0 Å². The van der Waals surface area contributed by atoms with Gasteiger partial charge in [-0.1, -0.05) is 0 Å². The number of carbonyl (C=O) groups excluding carboxylic acids is 1. The van der Waals surface area contributed by atoms with Crippen molar-refractivity contribution in [3.05, 3.63) is 0 Å². The zero-order valence-corrected chi connectivity index (χ0v) is 7.40. The van der Waals surface area contributed by atoms with Crippen molar-refractivity contribution in [3.63, 3.8) is 0 Å². The van der Waals surface area contributed by atoms with Crippen molar-refractivity contribution < 1.29 is 18.0 Å². The van der Waals surface area contributed by atoms with Crippen LogP contribution in [0.5, 0.6) is 0 Å². The third-order valence-electron chi connectivity index (χ3n) is 2.03. The molecule has 0 unspecified atom stereocenters. The van der Waals surface area contributed by atoms with E-state index in [0.29, 0.717) is 0 Å². The van der Waals surface area contributed by atoms with E-state index >= 15 is 0 Å². The molecule has 0 atom stereocenters. The van der Waals surface area contributed by atoms with Crippen LogP contribution in [0.2, 0.25) is 0 Å². The fourth-order valence-corrected chi connectivity index (χ4v) is 1.05. The number of hydrogen-bond donors (Lipinski definition) is 0. The van der Waals surface area contributed by atoms with Crippen molar-refractivity contribution in [2.75, 3.05) is 13.6 Å². The summed E-state index contributed by atoms with van der Waals surface area (Å²) >= 11 is 0. The van der Waals surface area contributed by atoms with E-state index in [-0.39, 0.29) is 18.4 Å². The Balaban J connectivity index is 2.24. The summed E-state index contributed by atoms with van der Waals surface area (Å²) in [5, 5.41) is 0. The number of rotatable bonds is 3. The SMILES string of the molecule is CN(CCC(F)(F)F)C(=O)C1CC1. The third-order valence-corrected chi connectivity index (χ3v) is 2.03. The fourth-order valence-electron chi connectivity index (χ4n) is 1.05. The van der Waals surface area contributed by atoms with Gasteiger partial charge in [0, 0.05) is 19.5 Å². The molecule has 1 aliphatic rings. The lowest BCUT2D eigenvalue weighted by molar-refractivity contribution is -0.144. The lowest BCUT2D eigenvalue weighted by Crippen LogP contribution is -2.31. The van der Waals surface area contributed by atoms with Gasteiger partial charge in [-0.3, -0.25) is 4.79 Å². The fraction of sp³-hybridized carbons (Fsp3) is 0.875. The van der Waals surface area contributed by atoms with Gasteiger partial charge in [0.2, 0.25) is 5.91 Å². The maximum atomic E-state index is 11.8. The zero-order valence-electron chi connectivity index (χ0n) is 7.40. The molecule has 0 aromatic carbocycles. The highest BCUT2D eigenvalue weighted by Gasteiger charge is 2.34. The van der Waals surface area contributed by atoms with E-state index in [1.54, 1.807) is 0 Å². The molecule has 0 aromatic rings. The molecule has 76 valence electrons. The Morgan fingerprint density at radius 2 is 2.00 bits per heavy atom. The first kappa shape index (κ1) is 10.3. The first-order valence-electron chi connectivity index (χ1n) is 4.22. The molecular formula is C8H12F3NO. The van der Waals surface area contributed by atoms with Crippen molar-refractivity contribution in [2.24, 2.45) is 5.92 Å². The van der Waals surface area contributed by atoms with Crippen LogP contribution in [0.3, 0.4) is 0 Å². The van der Waals surface area contributed by atoms with E-state index in [0.717, 1.165) is 12.8 Å². The Morgan fingerprint density at radius 3 is 2.38 bits per heavy atom. The van der Waals surface area contributed by atoms with Gasteiger partial charge in [0.25, 0.3) is 0 Å². The first-order valence-corrected chi connectivity index (χ1v) is 4.22. The Kier molecular flexibility index (Phi) is 2.83. The second kappa shape index (κ2) is 3.55. The van der Waals surface area contributed by atoms with Crippen LogP contribution in [0.15, 0.2) is 0 Å². The minimum atomic E-state index is -4.17. The molecule has 1 saturated carbocycles. The number of amides is 1. The van der Waals surface area contributed by atoms with Gasteiger partial charge in [0.1, 0.15) is 0 Å². The summed E-state index contributed by atoms with van der Waals surface area (Å²) < 4.78 is 35.3. The van der Waals surface area contributed by atoms with Crippen LogP contribution >= 0.6 is 0 Å². The van der Waals surface area contributed by atoms with Crippen LogP contribution in [0.25, 0.3) is 0 Å². The number of halogens is 3. The lowest BCUT2D eigenvalue weighted by atomic mass is 10.3. The van der Waals surface area contributed by atoms with Gasteiger partial charge in [-0.05, 0) is 12.8 Å². The van der Waals surface area contributed by atoms with Crippen molar-refractivity contribution in [1.82, 2.24) is 4.90 Å². The highest BCUT2D eigenvalue weighted by Crippen LogP contribution is 2.31. The minimum Gasteiger partial charge on any atom is -0.345 e. The average Bonchev–Trinajstić information content (AvgIpc) is 2.79. The predicted octanol–water partition coefficient (Wildman–Crippen LogP) is 1.81. The van der Waals surface area contributed by atoms with Crippen molar-refractivity contribution in [2.45, 2.75) is 25.4 Å². The lowest BCUT2D eigenvalue weighted by Gasteiger charge is -2.17. The van der Waals surface area contributed by atoms with Gasteiger partial charge in [0.15, 0.2) is 0 Å². The summed E-state index contributed by atoms with van der Waals surface area (Å²) in [5.41, 5.74) is 0. The highest BCUT2D eigenvalue weighted by atomic mass is 19.4. The van der Waals surface area contributed by atoms with Gasteiger partial charge in [-0.15, -0.1) is 0 Å². The molecule has 0 bridgehead atoms. The number of nitrogens with zero attached hydrogens (tertiary/aromatic N) is 1. The normalized spacial score (nSPS) is 17.2. The number of hydrogen-bond acceptors (Lipinski definition) is 1. The third kappa shape index (κ3) is 3.65. The van der Waals surface area contributed by atoms with Crippen LogP contribution in [0.1, 0.15) is 19.3 Å². The predicted molar refractivity (Wildman–Crippen MR) is 41.0 cm³/mol. The summed E-state index contributed by atoms with van der Waals surface area (Å²) in [5.74, 6) is -0.150. The monoisotopic (exact) mass is 195 g/mol. The quantitative estimate of drug-likeness (QED) is 0.672. The minimum absolute atomic E-state index is 0.00164. The van der Waals surface area contributed by atoms with Crippen LogP contribution in [0.4, 0.5) is 13.2 Å². The zero-order chi connectivity index (χ0) is 10.1. The molecule has 1 fully saturated rings. The van der Waals surface area contributed by atoms with Crippen LogP contribution in [0, 0.1) is 5.92 Å². The molecule has 0 N–H and O–H groups in total. The summed E-state index contributed by atoms with van der Waals surface area (Å²) in [4.78, 5) is 12.4. The number of alkyl halides is 3. The van der Waals surface area contributed by atoms with Crippen LogP contribution < -0.4 is 0 Å². The van der Waals surface area contributed by atoms with E-state index in [4.69, 9.17) is 0 Å². The molecule has 0 aromatic heterocycles. The van der Waals surface area contributed by atoms with Crippen LogP contribution in [-0.4, -0.2) is 30.6 Å². The average molecular weight is 195 g/mol. The highest BCUT2D eigenvalue weighted by molar-refractivity contribution is 5.80.